The van der Waals surface area contributed by atoms with E-state index in [1.807, 2.05) is 107 Å². The molecular formula is C34H36N4O. The monoisotopic (exact) mass is 516 g/mol. The summed E-state index contributed by atoms with van der Waals surface area (Å²) in [6.07, 6.45) is 7.51. The summed E-state index contributed by atoms with van der Waals surface area (Å²) in [5, 5.41) is 13.0. The molecule has 0 bridgehead atoms. The molecule has 0 saturated carbocycles. The molecule has 0 fully saturated rings. The number of hydrogen-bond acceptors (Lipinski definition) is 3. The van der Waals surface area contributed by atoms with Gasteiger partial charge in [-0.05, 0) is 49.2 Å². The third-order valence-electron chi connectivity index (χ3n) is 6.11. The number of nitriles is 1. The molecule has 5 heteroatoms. The zero-order valence-electron chi connectivity index (χ0n) is 23.2. The first-order valence-corrected chi connectivity index (χ1v) is 13.2. The molecule has 1 N–H and O–H groups in total. The topological polar surface area (TPSA) is 62.8 Å². The van der Waals surface area contributed by atoms with Crippen LogP contribution in [0.4, 0.5) is 0 Å². The quantitative estimate of drug-likeness (QED) is 0.240. The number of rotatable bonds is 9. The van der Waals surface area contributed by atoms with Gasteiger partial charge in [0.25, 0.3) is 0 Å². The molecule has 198 valence electrons. The fraction of sp³-hybridized carbons (Fsp3) is 0.176. The Morgan fingerprint density at radius 3 is 2.33 bits per heavy atom. The van der Waals surface area contributed by atoms with Crippen LogP contribution in [0, 0.1) is 18.3 Å². The number of aryl methyl sites for hydroxylation is 1. The van der Waals surface area contributed by atoms with Crippen molar-refractivity contribution in [2.45, 2.75) is 40.8 Å². The molecule has 0 aliphatic heterocycles. The van der Waals surface area contributed by atoms with Crippen molar-refractivity contribution in [3.8, 4) is 11.8 Å². The average Bonchev–Trinajstić information content (AvgIpc) is 3.29. The fourth-order valence-corrected chi connectivity index (χ4v) is 4.16. The van der Waals surface area contributed by atoms with Gasteiger partial charge in [-0.15, -0.1) is 0 Å². The second kappa shape index (κ2) is 14.2. The van der Waals surface area contributed by atoms with Gasteiger partial charge in [-0.25, -0.2) is 4.79 Å². The molecular weight excluding hydrogens is 480 g/mol. The largest absolute Gasteiger partial charge is 0.384 e. The van der Waals surface area contributed by atoms with Crippen molar-refractivity contribution in [3.05, 3.63) is 154 Å². The maximum Gasteiger partial charge on any atom is 0.333 e. The van der Waals surface area contributed by atoms with E-state index in [4.69, 9.17) is 0 Å². The molecule has 3 aromatic carbocycles. The summed E-state index contributed by atoms with van der Waals surface area (Å²) in [5.41, 5.74) is 6.80. The molecule has 1 aromatic heterocycles. The number of aromatic nitrogens is 2. The van der Waals surface area contributed by atoms with Crippen LogP contribution in [0.2, 0.25) is 0 Å². The lowest BCUT2D eigenvalue weighted by atomic mass is 10.1. The first kappa shape index (κ1) is 28.7. The van der Waals surface area contributed by atoms with Gasteiger partial charge in [0.2, 0.25) is 0 Å². The molecule has 0 spiro atoms. The van der Waals surface area contributed by atoms with Gasteiger partial charge in [-0.1, -0.05) is 98.8 Å². The Kier molecular flexibility index (Phi) is 10.5. The van der Waals surface area contributed by atoms with E-state index in [0.717, 1.165) is 33.8 Å². The van der Waals surface area contributed by atoms with Crippen LogP contribution in [-0.2, 0) is 13.1 Å². The highest BCUT2D eigenvalue weighted by molar-refractivity contribution is 5.74. The van der Waals surface area contributed by atoms with Crippen molar-refractivity contribution in [1.82, 2.24) is 14.5 Å². The Labute approximate surface area is 231 Å². The number of nitrogens with one attached hydrogen (secondary N) is 1. The van der Waals surface area contributed by atoms with E-state index in [-0.39, 0.29) is 5.69 Å². The van der Waals surface area contributed by atoms with Gasteiger partial charge in [0.1, 0.15) is 0 Å². The van der Waals surface area contributed by atoms with E-state index in [0.29, 0.717) is 18.7 Å². The van der Waals surface area contributed by atoms with E-state index in [1.54, 1.807) is 21.3 Å². The van der Waals surface area contributed by atoms with Crippen LogP contribution in [0.5, 0.6) is 0 Å². The molecule has 0 amide bonds. The number of imidazole rings is 1. The van der Waals surface area contributed by atoms with Crippen molar-refractivity contribution in [3.63, 3.8) is 0 Å². The molecule has 0 saturated heterocycles. The van der Waals surface area contributed by atoms with Crippen LogP contribution >= 0.6 is 0 Å². The minimum absolute atomic E-state index is 0.176. The molecule has 0 aliphatic carbocycles. The van der Waals surface area contributed by atoms with Crippen molar-refractivity contribution in [2.75, 3.05) is 0 Å². The highest BCUT2D eigenvalue weighted by Crippen LogP contribution is 2.22. The third kappa shape index (κ3) is 7.37. The summed E-state index contributed by atoms with van der Waals surface area (Å²) in [6, 6.07) is 27.7. The summed E-state index contributed by atoms with van der Waals surface area (Å²) in [6.45, 7) is 12.9. The lowest BCUT2D eigenvalue weighted by Crippen LogP contribution is -2.24. The Balaban J connectivity index is 0.00000205. The number of allylic oxidation sites excluding steroid dienone is 5. The molecule has 5 nitrogen and oxygen atoms in total. The summed E-state index contributed by atoms with van der Waals surface area (Å²) in [4.78, 5) is 13.7. The highest BCUT2D eigenvalue weighted by Gasteiger charge is 2.17. The van der Waals surface area contributed by atoms with Gasteiger partial charge in [0.15, 0.2) is 0 Å². The minimum atomic E-state index is -0.176. The standard InChI is InChI=1S/C32H30N4O.C2H6/c1-4-10-27(19-25(3)34-21-26-11-6-5-7-12-26)31-23-35(22-29-14-9-8-13-28(29)20-33)32(37)36(31)30-17-15-24(2)16-18-30;1-2/h4-19,23,34H,1,21-22H2,2-3H3;1-2H3/b25-19+,27-10+;. The Morgan fingerprint density at radius 1 is 1.00 bits per heavy atom. The van der Waals surface area contributed by atoms with Crippen molar-refractivity contribution in [2.24, 2.45) is 0 Å². The van der Waals surface area contributed by atoms with E-state index >= 15 is 0 Å². The van der Waals surface area contributed by atoms with Crippen molar-refractivity contribution in [1.29, 1.82) is 5.26 Å². The Morgan fingerprint density at radius 2 is 1.67 bits per heavy atom. The second-order valence-electron chi connectivity index (χ2n) is 8.89. The highest BCUT2D eigenvalue weighted by atomic mass is 16.1. The van der Waals surface area contributed by atoms with Crippen LogP contribution < -0.4 is 11.0 Å². The van der Waals surface area contributed by atoms with Crippen LogP contribution in [0.15, 0.2) is 120 Å². The number of nitrogens with zero attached hydrogens (tertiary/aromatic N) is 3. The maximum absolute atomic E-state index is 13.7. The molecule has 0 atom stereocenters. The van der Waals surface area contributed by atoms with E-state index in [9.17, 15) is 10.1 Å². The summed E-state index contributed by atoms with van der Waals surface area (Å²) in [7, 11) is 0. The third-order valence-corrected chi connectivity index (χ3v) is 6.11. The SMILES string of the molecule is C=C/C=C(\C=C(/C)NCc1ccccc1)c1cn(Cc2ccccc2C#N)c(=O)n1-c1ccc(C)cc1.CC. The summed E-state index contributed by atoms with van der Waals surface area (Å²) < 4.78 is 3.37. The normalized spacial score (nSPS) is 11.3. The smallest absolute Gasteiger partial charge is 0.333 e. The van der Waals surface area contributed by atoms with Crippen LogP contribution in [0.3, 0.4) is 0 Å². The summed E-state index contributed by atoms with van der Waals surface area (Å²) >= 11 is 0. The molecule has 4 rings (SSSR count). The zero-order chi connectivity index (χ0) is 28.2. The van der Waals surface area contributed by atoms with Gasteiger partial charge in [-0.2, -0.15) is 5.26 Å². The Bertz CT molecular complexity index is 1550. The van der Waals surface area contributed by atoms with Gasteiger partial charge >= 0.3 is 5.69 Å². The van der Waals surface area contributed by atoms with Crippen LogP contribution in [0.1, 0.15) is 48.7 Å². The predicted molar refractivity (Wildman–Crippen MR) is 162 cm³/mol. The first-order chi connectivity index (χ1) is 19.0. The van der Waals surface area contributed by atoms with Gasteiger partial charge in [0.05, 0.1) is 29.6 Å². The Hall–Kier alpha value is -4.82. The summed E-state index contributed by atoms with van der Waals surface area (Å²) in [5.74, 6) is 0. The molecule has 1 heterocycles. The van der Waals surface area contributed by atoms with Crippen molar-refractivity contribution >= 4 is 5.57 Å². The molecule has 0 unspecified atom stereocenters. The lowest BCUT2D eigenvalue weighted by molar-refractivity contribution is 0.741. The molecule has 4 aromatic rings. The molecule has 0 aliphatic rings. The van der Waals surface area contributed by atoms with Crippen molar-refractivity contribution < 1.29 is 0 Å². The zero-order valence-corrected chi connectivity index (χ0v) is 23.2. The van der Waals surface area contributed by atoms with Gasteiger partial charge < -0.3 is 5.32 Å². The fourth-order valence-electron chi connectivity index (χ4n) is 4.16. The maximum atomic E-state index is 13.7. The first-order valence-electron chi connectivity index (χ1n) is 13.2. The molecule has 39 heavy (non-hydrogen) atoms. The molecule has 0 radical (unpaired) electrons. The number of hydrogen-bond donors (Lipinski definition) is 1. The number of benzene rings is 3. The average molecular weight is 517 g/mol. The van der Waals surface area contributed by atoms with E-state index < -0.39 is 0 Å². The predicted octanol–water partition coefficient (Wildman–Crippen LogP) is 7.16. The van der Waals surface area contributed by atoms with Crippen LogP contribution in [-0.4, -0.2) is 9.13 Å². The second-order valence-corrected chi connectivity index (χ2v) is 8.89. The van der Waals surface area contributed by atoms with Gasteiger partial charge in [0, 0.05) is 24.0 Å². The lowest BCUT2D eigenvalue weighted by Gasteiger charge is -2.11. The van der Waals surface area contributed by atoms with Crippen LogP contribution in [0.25, 0.3) is 11.3 Å². The van der Waals surface area contributed by atoms with E-state index in [2.05, 4.69) is 30.1 Å². The minimum Gasteiger partial charge on any atom is -0.384 e. The van der Waals surface area contributed by atoms with E-state index in [1.165, 1.54) is 5.56 Å². The van der Waals surface area contributed by atoms with Gasteiger partial charge in [-0.3, -0.25) is 9.13 Å².